The smallest absolute Gasteiger partial charge is 0.238 e. The van der Waals surface area contributed by atoms with Gasteiger partial charge in [-0.3, -0.25) is 4.79 Å². The van der Waals surface area contributed by atoms with Gasteiger partial charge < -0.3 is 9.51 Å². The average Bonchev–Trinajstić information content (AvgIpc) is 2.96. The number of aromatic amines is 1. The summed E-state index contributed by atoms with van der Waals surface area (Å²) in [7, 11) is 0. The van der Waals surface area contributed by atoms with Crippen molar-refractivity contribution in [2.24, 2.45) is 0 Å². The molecular formula is C10H10N4O2. The third kappa shape index (κ3) is 1.42. The Balaban J connectivity index is 1.91. The van der Waals surface area contributed by atoms with Gasteiger partial charge in [-0.05, 0) is 12.8 Å². The van der Waals surface area contributed by atoms with E-state index in [0.29, 0.717) is 24.0 Å². The number of aromatic nitrogens is 4. The summed E-state index contributed by atoms with van der Waals surface area (Å²) in [5.41, 5.74) is 0. The Labute approximate surface area is 91.1 Å². The van der Waals surface area contributed by atoms with E-state index in [1.54, 1.807) is 12.4 Å². The van der Waals surface area contributed by atoms with Gasteiger partial charge in [0.1, 0.15) is 5.78 Å². The first-order valence-electron chi connectivity index (χ1n) is 5.20. The number of H-pyrrole nitrogens is 1. The van der Waals surface area contributed by atoms with Crippen LogP contribution in [0.1, 0.15) is 31.1 Å². The molecule has 1 saturated carbocycles. The lowest BCUT2D eigenvalue weighted by molar-refractivity contribution is -0.119. The van der Waals surface area contributed by atoms with Gasteiger partial charge >= 0.3 is 0 Å². The van der Waals surface area contributed by atoms with E-state index in [9.17, 15) is 4.79 Å². The zero-order valence-electron chi connectivity index (χ0n) is 8.51. The monoisotopic (exact) mass is 218 g/mol. The molecule has 1 aliphatic rings. The highest BCUT2D eigenvalue weighted by atomic mass is 16.5. The first-order valence-corrected chi connectivity index (χ1v) is 5.20. The minimum absolute atomic E-state index is 0.189. The van der Waals surface area contributed by atoms with Gasteiger partial charge in [-0.15, -0.1) is 0 Å². The molecule has 0 spiro atoms. The fourth-order valence-corrected chi connectivity index (χ4v) is 1.94. The number of nitrogens with zero attached hydrogens (tertiary/aromatic N) is 3. The Morgan fingerprint density at radius 3 is 3.12 bits per heavy atom. The van der Waals surface area contributed by atoms with Crippen LogP contribution in [0.3, 0.4) is 0 Å². The van der Waals surface area contributed by atoms with E-state index in [-0.39, 0.29) is 11.7 Å². The Bertz CT molecular complexity index is 503. The molecule has 0 amide bonds. The number of ketones is 1. The van der Waals surface area contributed by atoms with Crippen LogP contribution in [0.25, 0.3) is 11.6 Å². The Hall–Kier alpha value is -1.98. The molecule has 6 heteroatoms. The average molecular weight is 218 g/mol. The highest BCUT2D eigenvalue weighted by Gasteiger charge is 2.31. The Morgan fingerprint density at radius 2 is 2.44 bits per heavy atom. The van der Waals surface area contributed by atoms with Gasteiger partial charge in [-0.1, -0.05) is 5.16 Å². The van der Waals surface area contributed by atoms with E-state index < -0.39 is 0 Å². The highest BCUT2D eigenvalue weighted by molar-refractivity contribution is 5.86. The maximum atomic E-state index is 11.5. The molecule has 0 saturated heterocycles. The van der Waals surface area contributed by atoms with E-state index in [1.165, 1.54) is 0 Å². The minimum Gasteiger partial charge on any atom is -0.342 e. The van der Waals surface area contributed by atoms with Gasteiger partial charge in [-0.2, -0.15) is 4.98 Å². The van der Waals surface area contributed by atoms with Crippen LogP contribution < -0.4 is 0 Å². The molecule has 1 fully saturated rings. The standard InChI is InChI=1S/C10H10N4O2/c15-7-3-1-2-6(7)10-13-9(14-16-10)8-11-4-5-12-8/h4-6H,1-3H2,(H,11,12). The lowest BCUT2D eigenvalue weighted by Gasteiger charge is -1.98. The number of imidazole rings is 1. The van der Waals surface area contributed by atoms with Crippen LogP contribution in [-0.2, 0) is 4.79 Å². The van der Waals surface area contributed by atoms with Crippen LogP contribution in [0, 0.1) is 0 Å². The van der Waals surface area contributed by atoms with Crippen molar-refractivity contribution >= 4 is 5.78 Å². The van der Waals surface area contributed by atoms with Gasteiger partial charge in [0.15, 0.2) is 5.82 Å². The van der Waals surface area contributed by atoms with Crippen LogP contribution in [0.4, 0.5) is 0 Å². The summed E-state index contributed by atoms with van der Waals surface area (Å²) >= 11 is 0. The molecule has 6 nitrogen and oxygen atoms in total. The van der Waals surface area contributed by atoms with E-state index in [4.69, 9.17) is 4.52 Å². The first kappa shape index (κ1) is 9.26. The second-order valence-electron chi connectivity index (χ2n) is 3.81. The third-order valence-electron chi connectivity index (χ3n) is 2.75. The van der Waals surface area contributed by atoms with E-state index in [1.807, 2.05) is 0 Å². The van der Waals surface area contributed by atoms with Gasteiger partial charge in [0, 0.05) is 18.8 Å². The molecule has 1 unspecified atom stereocenters. The van der Waals surface area contributed by atoms with Crippen LogP contribution in [0.15, 0.2) is 16.9 Å². The molecule has 2 aromatic rings. The number of hydrogen-bond donors (Lipinski definition) is 1. The van der Waals surface area contributed by atoms with Crippen molar-refractivity contribution in [3.8, 4) is 11.6 Å². The predicted octanol–water partition coefficient (Wildman–Crippen LogP) is 1.30. The fraction of sp³-hybridized carbons (Fsp3) is 0.400. The summed E-state index contributed by atoms with van der Waals surface area (Å²) in [5.74, 6) is 1.35. The van der Waals surface area contributed by atoms with Crippen molar-refractivity contribution in [3.63, 3.8) is 0 Å². The summed E-state index contributed by atoms with van der Waals surface area (Å²) in [6.07, 6.45) is 5.63. The zero-order chi connectivity index (χ0) is 11.0. The lowest BCUT2D eigenvalue weighted by atomic mass is 10.1. The molecule has 16 heavy (non-hydrogen) atoms. The number of carbonyl (C=O) groups excluding carboxylic acids is 1. The summed E-state index contributed by atoms with van der Waals surface area (Å²) in [5, 5.41) is 3.81. The summed E-state index contributed by atoms with van der Waals surface area (Å²) < 4.78 is 5.10. The second-order valence-corrected chi connectivity index (χ2v) is 3.81. The van der Waals surface area contributed by atoms with Crippen molar-refractivity contribution in [1.29, 1.82) is 0 Å². The van der Waals surface area contributed by atoms with Crippen molar-refractivity contribution in [1.82, 2.24) is 20.1 Å². The Morgan fingerprint density at radius 1 is 1.50 bits per heavy atom. The van der Waals surface area contributed by atoms with Crippen molar-refractivity contribution in [3.05, 3.63) is 18.3 Å². The molecule has 1 atom stereocenters. The SMILES string of the molecule is O=C1CCCC1c1nc(-c2ncc[nH]2)no1. The largest absolute Gasteiger partial charge is 0.342 e. The molecule has 3 rings (SSSR count). The minimum atomic E-state index is -0.212. The normalized spacial score (nSPS) is 20.5. The van der Waals surface area contributed by atoms with Gasteiger partial charge in [0.05, 0.1) is 5.92 Å². The third-order valence-corrected chi connectivity index (χ3v) is 2.75. The summed E-state index contributed by atoms with van der Waals surface area (Å²) in [4.78, 5) is 22.6. The van der Waals surface area contributed by atoms with Gasteiger partial charge in [0.25, 0.3) is 0 Å². The van der Waals surface area contributed by atoms with Crippen molar-refractivity contribution in [2.45, 2.75) is 25.2 Å². The lowest BCUT2D eigenvalue weighted by Crippen LogP contribution is -2.04. The predicted molar refractivity (Wildman–Crippen MR) is 53.5 cm³/mol. The first-order chi connectivity index (χ1) is 7.84. The van der Waals surface area contributed by atoms with Crippen LogP contribution in [0.5, 0.6) is 0 Å². The molecule has 0 aliphatic heterocycles. The number of hydrogen-bond acceptors (Lipinski definition) is 5. The number of rotatable bonds is 2. The summed E-state index contributed by atoms with van der Waals surface area (Å²) in [6, 6.07) is 0. The van der Waals surface area contributed by atoms with E-state index in [2.05, 4.69) is 20.1 Å². The molecule has 1 N–H and O–H groups in total. The fourth-order valence-electron chi connectivity index (χ4n) is 1.94. The van der Waals surface area contributed by atoms with Crippen LogP contribution >= 0.6 is 0 Å². The van der Waals surface area contributed by atoms with Crippen LogP contribution in [0.2, 0.25) is 0 Å². The molecule has 2 aromatic heterocycles. The molecule has 0 bridgehead atoms. The van der Waals surface area contributed by atoms with Crippen LogP contribution in [-0.4, -0.2) is 25.9 Å². The van der Waals surface area contributed by atoms with E-state index in [0.717, 1.165) is 12.8 Å². The Kier molecular flexibility index (Phi) is 2.05. The van der Waals surface area contributed by atoms with Gasteiger partial charge in [0.2, 0.25) is 11.7 Å². The summed E-state index contributed by atoms with van der Waals surface area (Å²) in [6.45, 7) is 0. The maximum Gasteiger partial charge on any atom is 0.238 e. The number of nitrogens with one attached hydrogen (secondary N) is 1. The molecule has 82 valence electrons. The zero-order valence-corrected chi connectivity index (χ0v) is 8.51. The molecule has 0 aromatic carbocycles. The molecule has 0 radical (unpaired) electrons. The maximum absolute atomic E-state index is 11.5. The molecule has 2 heterocycles. The van der Waals surface area contributed by atoms with Gasteiger partial charge in [-0.25, -0.2) is 4.98 Å². The number of Topliss-reactive ketones (excluding diaryl/α,β-unsaturated/α-hetero) is 1. The second kappa shape index (κ2) is 3.55. The molecular weight excluding hydrogens is 208 g/mol. The topological polar surface area (TPSA) is 84.7 Å². The number of carbonyl (C=O) groups is 1. The molecule has 1 aliphatic carbocycles. The van der Waals surface area contributed by atoms with Crippen molar-refractivity contribution < 1.29 is 9.32 Å². The van der Waals surface area contributed by atoms with E-state index >= 15 is 0 Å². The highest BCUT2D eigenvalue weighted by Crippen LogP contribution is 2.30. The quantitative estimate of drug-likeness (QED) is 0.821. The van der Waals surface area contributed by atoms with Crippen molar-refractivity contribution in [2.75, 3.05) is 0 Å².